The first-order chi connectivity index (χ1) is 14.3. The molecule has 0 unspecified atom stereocenters. The largest absolute Gasteiger partial charge is 0.457 e. The van der Waals surface area contributed by atoms with Crippen molar-refractivity contribution in [3.63, 3.8) is 0 Å². The summed E-state index contributed by atoms with van der Waals surface area (Å²) in [4.78, 5) is 0. The van der Waals surface area contributed by atoms with Crippen molar-refractivity contribution in [1.29, 1.82) is 0 Å². The fraction of sp³-hybridized carbons (Fsp3) is 0. The molecule has 0 heterocycles. The average molecular weight is 377 g/mol. The van der Waals surface area contributed by atoms with E-state index in [1.54, 1.807) is 0 Å². The Morgan fingerprint density at radius 2 is 1.10 bits per heavy atom. The van der Waals surface area contributed by atoms with Crippen molar-refractivity contribution >= 4 is 5.69 Å². The average Bonchev–Trinajstić information content (AvgIpc) is 2.76. The van der Waals surface area contributed by atoms with Crippen molar-refractivity contribution in [2.45, 2.75) is 0 Å². The molecule has 4 rings (SSSR count). The smallest absolute Gasteiger partial charge is 0.146 e. The minimum atomic E-state index is 0.617. The molecular weight excluding hydrogens is 358 g/mol. The molecule has 4 aromatic rings. The number of rotatable bonds is 4. The predicted molar refractivity (Wildman–Crippen MR) is 116 cm³/mol. The van der Waals surface area contributed by atoms with Gasteiger partial charge in [0.15, 0.2) is 0 Å². The fourth-order valence-electron chi connectivity index (χ4n) is 2.74. The van der Waals surface area contributed by atoms with Crippen LogP contribution in [0, 0.1) is 11.8 Å². The van der Waals surface area contributed by atoms with Crippen LogP contribution in [-0.4, -0.2) is 0 Å². The van der Waals surface area contributed by atoms with Crippen LogP contribution < -0.4 is 15.2 Å². The van der Waals surface area contributed by atoms with Crippen LogP contribution in [0.2, 0.25) is 0 Å². The summed E-state index contributed by atoms with van der Waals surface area (Å²) in [7, 11) is 0. The maximum Gasteiger partial charge on any atom is 0.146 e. The standard InChI is InChI=1S/C26H19NO2/c27-25-14-8-7-9-20(25)15-16-21-17-18-24(28-22-10-3-1-4-11-22)19-26(21)29-23-12-5-2-6-13-23/h1-14,17-19H,27H2. The van der Waals surface area contributed by atoms with Gasteiger partial charge in [-0.05, 0) is 48.5 Å². The monoisotopic (exact) mass is 377 g/mol. The van der Waals surface area contributed by atoms with Gasteiger partial charge in [-0.1, -0.05) is 60.4 Å². The van der Waals surface area contributed by atoms with Gasteiger partial charge in [0.05, 0.1) is 5.56 Å². The summed E-state index contributed by atoms with van der Waals surface area (Å²) >= 11 is 0. The van der Waals surface area contributed by atoms with E-state index in [1.165, 1.54) is 0 Å². The highest BCUT2D eigenvalue weighted by Crippen LogP contribution is 2.31. The maximum atomic E-state index is 6.09. The van der Waals surface area contributed by atoms with E-state index in [0.29, 0.717) is 17.2 Å². The van der Waals surface area contributed by atoms with Gasteiger partial charge in [0, 0.05) is 17.3 Å². The second-order valence-electron chi connectivity index (χ2n) is 6.33. The van der Waals surface area contributed by atoms with Gasteiger partial charge >= 0.3 is 0 Å². The molecule has 0 fully saturated rings. The molecule has 4 aromatic carbocycles. The molecule has 29 heavy (non-hydrogen) atoms. The molecule has 0 aliphatic carbocycles. The van der Waals surface area contributed by atoms with Crippen LogP contribution in [0.5, 0.6) is 23.0 Å². The van der Waals surface area contributed by atoms with Gasteiger partial charge < -0.3 is 15.2 Å². The minimum absolute atomic E-state index is 0.617. The Hall–Kier alpha value is -4.16. The molecule has 0 spiro atoms. The molecule has 0 saturated carbocycles. The Morgan fingerprint density at radius 1 is 0.517 bits per heavy atom. The van der Waals surface area contributed by atoms with Gasteiger partial charge in [0.1, 0.15) is 23.0 Å². The maximum absolute atomic E-state index is 6.09. The van der Waals surface area contributed by atoms with E-state index < -0.39 is 0 Å². The highest BCUT2D eigenvalue weighted by molar-refractivity contribution is 5.59. The number of ether oxygens (including phenoxy) is 2. The normalized spacial score (nSPS) is 9.93. The van der Waals surface area contributed by atoms with Crippen molar-refractivity contribution in [3.05, 3.63) is 114 Å². The number of hydrogen-bond acceptors (Lipinski definition) is 3. The van der Waals surface area contributed by atoms with Crippen LogP contribution in [0.4, 0.5) is 5.69 Å². The van der Waals surface area contributed by atoms with Crippen LogP contribution >= 0.6 is 0 Å². The topological polar surface area (TPSA) is 44.5 Å². The van der Waals surface area contributed by atoms with Crippen LogP contribution in [0.25, 0.3) is 0 Å². The highest BCUT2D eigenvalue weighted by atomic mass is 16.5. The Balaban J connectivity index is 1.69. The summed E-state index contributed by atoms with van der Waals surface area (Å²) < 4.78 is 12.0. The number of hydrogen-bond donors (Lipinski definition) is 1. The fourth-order valence-corrected chi connectivity index (χ4v) is 2.74. The Labute approximate surface area is 170 Å². The predicted octanol–water partition coefficient (Wildman–Crippen LogP) is 6.25. The lowest BCUT2D eigenvalue weighted by molar-refractivity contribution is 0.459. The summed E-state index contributed by atoms with van der Waals surface area (Å²) in [6, 6.07) is 32.4. The first-order valence-corrected chi connectivity index (χ1v) is 9.24. The molecule has 0 amide bonds. The molecule has 0 saturated heterocycles. The summed E-state index contributed by atoms with van der Waals surface area (Å²) in [5, 5.41) is 0. The number of para-hydroxylation sites is 3. The zero-order chi connectivity index (χ0) is 19.9. The molecule has 0 aliphatic heterocycles. The summed E-state index contributed by atoms with van der Waals surface area (Å²) in [6.45, 7) is 0. The second kappa shape index (κ2) is 8.69. The second-order valence-corrected chi connectivity index (χ2v) is 6.33. The molecule has 3 nitrogen and oxygen atoms in total. The van der Waals surface area contributed by atoms with E-state index in [0.717, 1.165) is 22.6 Å². The lowest BCUT2D eigenvalue weighted by Crippen LogP contribution is -1.92. The number of nitrogen functional groups attached to an aromatic ring is 1. The molecule has 0 aromatic heterocycles. The lowest BCUT2D eigenvalue weighted by atomic mass is 10.1. The third-order valence-electron chi connectivity index (χ3n) is 4.20. The van der Waals surface area contributed by atoms with Gasteiger partial charge in [0.2, 0.25) is 0 Å². The van der Waals surface area contributed by atoms with E-state index in [4.69, 9.17) is 15.2 Å². The number of anilines is 1. The van der Waals surface area contributed by atoms with Crippen LogP contribution in [0.3, 0.4) is 0 Å². The van der Waals surface area contributed by atoms with E-state index in [9.17, 15) is 0 Å². The van der Waals surface area contributed by atoms with E-state index in [-0.39, 0.29) is 0 Å². The van der Waals surface area contributed by atoms with Gasteiger partial charge in [0.25, 0.3) is 0 Å². The van der Waals surface area contributed by atoms with Gasteiger partial charge in [-0.2, -0.15) is 0 Å². The number of benzene rings is 4. The summed E-state index contributed by atoms with van der Waals surface area (Å²) in [5.41, 5.74) is 8.18. The third kappa shape index (κ3) is 4.77. The quantitative estimate of drug-likeness (QED) is 0.337. The Bertz CT molecular complexity index is 1160. The molecule has 140 valence electrons. The first kappa shape index (κ1) is 18.2. The molecule has 0 radical (unpaired) electrons. The van der Waals surface area contributed by atoms with Crippen molar-refractivity contribution in [1.82, 2.24) is 0 Å². The van der Waals surface area contributed by atoms with Crippen molar-refractivity contribution in [2.75, 3.05) is 5.73 Å². The van der Waals surface area contributed by atoms with Crippen LogP contribution in [-0.2, 0) is 0 Å². The van der Waals surface area contributed by atoms with E-state index in [1.807, 2.05) is 103 Å². The van der Waals surface area contributed by atoms with E-state index >= 15 is 0 Å². The minimum Gasteiger partial charge on any atom is -0.457 e. The van der Waals surface area contributed by atoms with Gasteiger partial charge in [-0.3, -0.25) is 0 Å². The van der Waals surface area contributed by atoms with Crippen molar-refractivity contribution in [2.24, 2.45) is 0 Å². The zero-order valence-electron chi connectivity index (χ0n) is 15.7. The SMILES string of the molecule is Nc1ccccc1C#Cc1ccc(Oc2ccccc2)cc1Oc1ccccc1. The van der Waals surface area contributed by atoms with Crippen molar-refractivity contribution in [3.8, 4) is 34.8 Å². The van der Waals surface area contributed by atoms with Crippen molar-refractivity contribution < 1.29 is 9.47 Å². The lowest BCUT2D eigenvalue weighted by Gasteiger charge is -2.11. The molecule has 0 bridgehead atoms. The molecule has 2 N–H and O–H groups in total. The molecule has 0 aliphatic rings. The molecular formula is C26H19NO2. The van der Waals surface area contributed by atoms with Gasteiger partial charge in [-0.25, -0.2) is 0 Å². The summed E-state index contributed by atoms with van der Waals surface area (Å²) in [6.07, 6.45) is 0. The third-order valence-corrected chi connectivity index (χ3v) is 4.20. The summed E-state index contributed by atoms with van der Waals surface area (Å²) in [5.74, 6) is 9.08. The molecule has 0 atom stereocenters. The Kier molecular flexibility index (Phi) is 5.46. The number of nitrogens with two attached hydrogens (primary N) is 1. The Morgan fingerprint density at radius 3 is 1.79 bits per heavy atom. The van der Waals surface area contributed by atoms with Crippen LogP contribution in [0.15, 0.2) is 103 Å². The van der Waals surface area contributed by atoms with Crippen LogP contribution in [0.1, 0.15) is 11.1 Å². The highest BCUT2D eigenvalue weighted by Gasteiger charge is 2.07. The van der Waals surface area contributed by atoms with Gasteiger partial charge in [-0.15, -0.1) is 0 Å². The first-order valence-electron chi connectivity index (χ1n) is 9.24. The van der Waals surface area contributed by atoms with E-state index in [2.05, 4.69) is 11.8 Å². The zero-order valence-corrected chi connectivity index (χ0v) is 15.7. The molecule has 3 heteroatoms.